The standard InChI is InChI=1S/C14H16O4/c1-2-3-4-7-10-18-14(17)12-9-6-5-8-11(12)13(15)16/h3-6,8-9H,2,7,10H2,1H3,(H,15,16)/b4-3-/i5D,6D,8D,9D. The summed E-state index contributed by atoms with van der Waals surface area (Å²) in [6.07, 6.45) is 4.95. The highest BCUT2D eigenvalue weighted by molar-refractivity contribution is 6.02. The molecule has 0 unspecified atom stereocenters. The van der Waals surface area contributed by atoms with Gasteiger partial charge in [-0.05, 0) is 24.9 Å². The van der Waals surface area contributed by atoms with E-state index in [0.717, 1.165) is 6.42 Å². The van der Waals surface area contributed by atoms with E-state index in [4.69, 9.17) is 15.3 Å². The van der Waals surface area contributed by atoms with E-state index < -0.39 is 47.2 Å². The lowest BCUT2D eigenvalue weighted by molar-refractivity contribution is 0.0500. The molecule has 0 heterocycles. The maximum Gasteiger partial charge on any atom is 0.339 e. The van der Waals surface area contributed by atoms with E-state index in [1.807, 2.05) is 13.0 Å². The minimum absolute atomic E-state index is 0.00285. The molecule has 0 aliphatic carbocycles. The first-order valence-corrected chi connectivity index (χ1v) is 5.48. The normalized spacial score (nSPS) is 13.6. The van der Waals surface area contributed by atoms with Crippen LogP contribution in [0.2, 0.25) is 0 Å². The first-order chi connectivity index (χ1) is 10.3. The predicted octanol–water partition coefficient (Wildman–Crippen LogP) is 2.90. The number of ether oxygens (including phenoxy) is 1. The number of carboxylic acids is 1. The van der Waals surface area contributed by atoms with Gasteiger partial charge in [-0.15, -0.1) is 0 Å². The number of carbonyl (C=O) groups is 2. The summed E-state index contributed by atoms with van der Waals surface area (Å²) in [4.78, 5) is 23.2. The average molecular weight is 252 g/mol. The molecule has 0 amide bonds. The Balaban J connectivity index is 3.15. The summed E-state index contributed by atoms with van der Waals surface area (Å²) < 4.78 is 35.1. The van der Waals surface area contributed by atoms with Gasteiger partial charge in [0, 0.05) is 0 Å². The van der Waals surface area contributed by atoms with Crippen molar-refractivity contribution in [3.8, 4) is 0 Å². The van der Waals surface area contributed by atoms with Gasteiger partial charge in [0.25, 0.3) is 0 Å². The molecule has 18 heavy (non-hydrogen) atoms. The van der Waals surface area contributed by atoms with E-state index >= 15 is 0 Å². The lowest BCUT2D eigenvalue weighted by Gasteiger charge is -2.05. The Labute approximate surface area is 112 Å². The fourth-order valence-electron chi connectivity index (χ4n) is 1.20. The molecular formula is C14H16O4. The van der Waals surface area contributed by atoms with Gasteiger partial charge in [0.05, 0.1) is 23.2 Å². The molecule has 96 valence electrons. The summed E-state index contributed by atoms with van der Waals surface area (Å²) in [5.74, 6) is -2.68. The van der Waals surface area contributed by atoms with E-state index in [-0.39, 0.29) is 6.61 Å². The minimum atomic E-state index is -1.61. The van der Waals surface area contributed by atoms with Crippen LogP contribution in [0.25, 0.3) is 0 Å². The first-order valence-electron chi connectivity index (χ1n) is 7.48. The summed E-state index contributed by atoms with van der Waals surface area (Å²) in [5.41, 5.74) is -1.43. The van der Waals surface area contributed by atoms with Crippen LogP contribution in [-0.2, 0) is 4.74 Å². The smallest absolute Gasteiger partial charge is 0.339 e. The van der Waals surface area contributed by atoms with Crippen molar-refractivity contribution in [2.24, 2.45) is 0 Å². The third kappa shape index (κ3) is 4.05. The Morgan fingerprint density at radius 1 is 1.33 bits per heavy atom. The molecule has 1 aromatic carbocycles. The van der Waals surface area contributed by atoms with Gasteiger partial charge in [0.15, 0.2) is 0 Å². The zero-order valence-electron chi connectivity index (χ0n) is 13.9. The highest BCUT2D eigenvalue weighted by atomic mass is 16.5. The number of hydrogen-bond acceptors (Lipinski definition) is 3. The maximum atomic E-state index is 12.0. The van der Waals surface area contributed by atoms with Gasteiger partial charge in [0.1, 0.15) is 0 Å². The highest BCUT2D eigenvalue weighted by Gasteiger charge is 2.16. The van der Waals surface area contributed by atoms with Crippen molar-refractivity contribution in [3.05, 3.63) is 47.4 Å². The molecule has 0 atom stereocenters. The molecule has 0 aliphatic rings. The summed E-state index contributed by atoms with van der Waals surface area (Å²) in [6.45, 7) is 1.94. The van der Waals surface area contributed by atoms with E-state index in [1.165, 1.54) is 0 Å². The molecule has 0 radical (unpaired) electrons. The van der Waals surface area contributed by atoms with E-state index in [0.29, 0.717) is 6.42 Å². The lowest BCUT2D eigenvalue weighted by atomic mass is 10.1. The summed E-state index contributed by atoms with van der Waals surface area (Å²) in [5, 5.41) is 9.11. The van der Waals surface area contributed by atoms with Crippen LogP contribution in [0.3, 0.4) is 0 Å². The SMILES string of the molecule is [2H]c1c([2H])c([2H])c(C(=O)OCC/C=C\CC)c(C(=O)O)c1[2H]. The van der Waals surface area contributed by atoms with Gasteiger partial charge < -0.3 is 9.84 Å². The molecule has 0 bridgehead atoms. The van der Waals surface area contributed by atoms with Crippen LogP contribution in [0.5, 0.6) is 0 Å². The average Bonchev–Trinajstić information content (AvgIpc) is 2.47. The van der Waals surface area contributed by atoms with E-state index in [1.54, 1.807) is 6.08 Å². The quantitative estimate of drug-likeness (QED) is 0.480. The molecule has 1 aromatic rings. The minimum Gasteiger partial charge on any atom is -0.478 e. The van der Waals surface area contributed by atoms with Crippen molar-refractivity contribution in [1.82, 2.24) is 0 Å². The maximum absolute atomic E-state index is 12.0. The van der Waals surface area contributed by atoms with Crippen LogP contribution >= 0.6 is 0 Å². The topological polar surface area (TPSA) is 63.6 Å². The third-order valence-corrected chi connectivity index (χ3v) is 2.03. The van der Waals surface area contributed by atoms with Gasteiger partial charge in [-0.25, -0.2) is 9.59 Å². The summed E-state index contributed by atoms with van der Waals surface area (Å²) in [7, 11) is 0. The zero-order chi connectivity index (χ0) is 16.9. The second-order valence-corrected chi connectivity index (χ2v) is 3.36. The van der Waals surface area contributed by atoms with Crippen molar-refractivity contribution in [2.45, 2.75) is 19.8 Å². The molecule has 1 N–H and O–H groups in total. The number of carbonyl (C=O) groups excluding carboxylic acids is 1. The number of rotatable bonds is 6. The van der Waals surface area contributed by atoms with Crippen molar-refractivity contribution < 1.29 is 24.9 Å². The molecule has 0 aliphatic heterocycles. The summed E-state index contributed by atoms with van der Waals surface area (Å²) in [6, 6.07) is -2.86. The Hall–Kier alpha value is -2.10. The van der Waals surface area contributed by atoms with Crippen LogP contribution in [0.4, 0.5) is 0 Å². The van der Waals surface area contributed by atoms with E-state index in [9.17, 15) is 9.59 Å². The molecule has 0 aromatic heterocycles. The number of carboxylic acid groups (broad SMARTS) is 1. The van der Waals surface area contributed by atoms with Gasteiger partial charge in [0.2, 0.25) is 0 Å². The van der Waals surface area contributed by atoms with Gasteiger partial charge >= 0.3 is 11.9 Å². The fourth-order valence-corrected chi connectivity index (χ4v) is 1.20. The van der Waals surface area contributed by atoms with Crippen LogP contribution in [0, 0.1) is 0 Å². The van der Waals surface area contributed by atoms with E-state index in [2.05, 4.69) is 0 Å². The van der Waals surface area contributed by atoms with Crippen LogP contribution in [-0.4, -0.2) is 23.7 Å². The molecule has 4 heteroatoms. The van der Waals surface area contributed by atoms with Crippen LogP contribution in [0.15, 0.2) is 36.3 Å². The molecule has 0 fully saturated rings. The van der Waals surface area contributed by atoms with Crippen molar-refractivity contribution >= 4 is 11.9 Å². The lowest BCUT2D eigenvalue weighted by Crippen LogP contribution is -2.11. The monoisotopic (exact) mass is 252 g/mol. The number of hydrogen-bond donors (Lipinski definition) is 1. The number of benzene rings is 1. The third-order valence-electron chi connectivity index (χ3n) is 2.03. The van der Waals surface area contributed by atoms with Crippen molar-refractivity contribution in [3.63, 3.8) is 0 Å². The van der Waals surface area contributed by atoms with Gasteiger partial charge in [-0.3, -0.25) is 0 Å². The van der Waals surface area contributed by atoms with Crippen LogP contribution in [0.1, 0.15) is 46.0 Å². The second kappa shape index (κ2) is 7.27. The number of aromatic carboxylic acids is 1. The Kier molecular flexibility index (Phi) is 3.60. The molecule has 0 saturated carbocycles. The Bertz CT molecular complexity index is 626. The highest BCUT2D eigenvalue weighted by Crippen LogP contribution is 2.10. The van der Waals surface area contributed by atoms with Crippen LogP contribution < -0.4 is 0 Å². The molecule has 0 saturated heterocycles. The summed E-state index contributed by atoms with van der Waals surface area (Å²) >= 11 is 0. The number of esters is 1. The molecule has 1 rings (SSSR count). The predicted molar refractivity (Wildman–Crippen MR) is 67.7 cm³/mol. The zero-order valence-corrected chi connectivity index (χ0v) is 9.95. The second-order valence-electron chi connectivity index (χ2n) is 3.36. The molecule has 0 spiro atoms. The largest absolute Gasteiger partial charge is 0.478 e. The van der Waals surface area contributed by atoms with Gasteiger partial charge in [-0.2, -0.15) is 0 Å². The molecular weight excluding hydrogens is 232 g/mol. The Morgan fingerprint density at radius 3 is 2.61 bits per heavy atom. The van der Waals surface area contributed by atoms with Gasteiger partial charge in [-0.1, -0.05) is 31.2 Å². The Morgan fingerprint density at radius 2 is 2.00 bits per heavy atom. The van der Waals surface area contributed by atoms with Crippen molar-refractivity contribution in [1.29, 1.82) is 0 Å². The molecule has 4 nitrogen and oxygen atoms in total. The number of allylic oxidation sites excluding steroid dienone is 1. The first kappa shape index (κ1) is 8.91. The van der Waals surface area contributed by atoms with Crippen molar-refractivity contribution in [2.75, 3.05) is 6.61 Å². The fraction of sp³-hybridized carbons (Fsp3) is 0.286.